The minimum absolute atomic E-state index is 0.0100. The highest BCUT2D eigenvalue weighted by Gasteiger charge is 2.33. The van der Waals surface area contributed by atoms with Crippen LogP contribution in [0.1, 0.15) is 30.1 Å². The van der Waals surface area contributed by atoms with Gasteiger partial charge in [0.2, 0.25) is 0 Å². The largest absolute Gasteiger partial charge is 0.294 e. The Balaban J connectivity index is 2.24. The average Bonchev–Trinajstić information content (AvgIpc) is 2.99. The van der Waals surface area contributed by atoms with Crippen molar-refractivity contribution in [3.8, 4) is 0 Å². The minimum Gasteiger partial charge on any atom is -0.294 e. The molecule has 1 atom stereocenters. The van der Waals surface area contributed by atoms with Crippen molar-refractivity contribution < 1.29 is 13.6 Å². The summed E-state index contributed by atoms with van der Waals surface area (Å²) < 4.78 is 25.9. The minimum atomic E-state index is -0.757. The fourth-order valence-corrected chi connectivity index (χ4v) is 1.74. The Kier molecular flexibility index (Phi) is 2.55. The molecule has 15 heavy (non-hydrogen) atoms. The van der Waals surface area contributed by atoms with E-state index >= 15 is 0 Å². The van der Waals surface area contributed by atoms with Crippen LogP contribution < -0.4 is 0 Å². The highest BCUT2D eigenvalue weighted by Crippen LogP contribution is 2.38. The van der Waals surface area contributed by atoms with Crippen LogP contribution in [0, 0.1) is 23.5 Å². The molecule has 1 unspecified atom stereocenters. The lowest BCUT2D eigenvalue weighted by atomic mass is 9.95. The smallest absolute Gasteiger partial charge is 0.168 e. The second kappa shape index (κ2) is 3.72. The molecule has 0 spiro atoms. The molecule has 0 bridgehead atoms. The normalized spacial score (nSPS) is 17.5. The van der Waals surface area contributed by atoms with Crippen LogP contribution in [0.2, 0.25) is 0 Å². The van der Waals surface area contributed by atoms with Crippen LogP contribution in [0.15, 0.2) is 18.2 Å². The standard InChI is InChI=1S/C12H12F2O/c1-7(8-2-3-8)12(15)10-5-4-9(13)6-11(10)14/h4-8H,2-3H2,1H3. The monoisotopic (exact) mass is 210 g/mol. The van der Waals surface area contributed by atoms with E-state index in [0.29, 0.717) is 5.92 Å². The van der Waals surface area contributed by atoms with E-state index < -0.39 is 11.6 Å². The number of carbonyl (C=O) groups is 1. The highest BCUT2D eigenvalue weighted by atomic mass is 19.1. The molecule has 1 fully saturated rings. The van der Waals surface area contributed by atoms with Gasteiger partial charge < -0.3 is 0 Å². The number of halogens is 2. The van der Waals surface area contributed by atoms with Crippen molar-refractivity contribution in [2.75, 3.05) is 0 Å². The number of carbonyl (C=O) groups excluding carboxylic acids is 1. The topological polar surface area (TPSA) is 17.1 Å². The molecule has 1 nitrogen and oxygen atoms in total. The molecule has 2 rings (SSSR count). The molecular formula is C12H12F2O. The van der Waals surface area contributed by atoms with E-state index in [4.69, 9.17) is 0 Å². The maximum Gasteiger partial charge on any atom is 0.168 e. The van der Waals surface area contributed by atoms with Gasteiger partial charge in [0.1, 0.15) is 11.6 Å². The van der Waals surface area contributed by atoms with Gasteiger partial charge >= 0.3 is 0 Å². The van der Waals surface area contributed by atoms with Gasteiger partial charge in [0.25, 0.3) is 0 Å². The lowest BCUT2D eigenvalue weighted by Crippen LogP contribution is -2.14. The molecule has 0 radical (unpaired) electrons. The van der Waals surface area contributed by atoms with Gasteiger partial charge in [0.05, 0.1) is 5.56 Å². The summed E-state index contributed by atoms with van der Waals surface area (Å²) >= 11 is 0. The molecule has 1 aliphatic rings. The van der Waals surface area contributed by atoms with Crippen LogP contribution in [-0.2, 0) is 0 Å². The van der Waals surface area contributed by atoms with E-state index in [-0.39, 0.29) is 17.3 Å². The third-order valence-corrected chi connectivity index (χ3v) is 2.94. The van der Waals surface area contributed by atoms with Crippen LogP contribution in [-0.4, -0.2) is 5.78 Å². The Morgan fingerprint density at radius 2 is 2.07 bits per heavy atom. The van der Waals surface area contributed by atoms with Gasteiger partial charge in [-0.05, 0) is 30.9 Å². The van der Waals surface area contributed by atoms with Gasteiger partial charge in [0, 0.05) is 12.0 Å². The summed E-state index contributed by atoms with van der Waals surface area (Å²) in [5, 5.41) is 0. The molecule has 3 heteroatoms. The van der Waals surface area contributed by atoms with Crippen LogP contribution in [0.3, 0.4) is 0 Å². The zero-order valence-electron chi connectivity index (χ0n) is 8.47. The summed E-state index contributed by atoms with van der Waals surface area (Å²) in [5.74, 6) is -1.38. The second-order valence-electron chi connectivity index (χ2n) is 4.11. The van der Waals surface area contributed by atoms with Crippen molar-refractivity contribution >= 4 is 5.78 Å². The zero-order chi connectivity index (χ0) is 11.0. The van der Waals surface area contributed by atoms with E-state index in [1.807, 2.05) is 6.92 Å². The summed E-state index contributed by atoms with van der Waals surface area (Å²) in [6.45, 7) is 1.81. The van der Waals surface area contributed by atoms with Crippen LogP contribution in [0.4, 0.5) is 8.78 Å². The highest BCUT2D eigenvalue weighted by molar-refractivity contribution is 5.98. The van der Waals surface area contributed by atoms with Gasteiger partial charge in [-0.2, -0.15) is 0 Å². The molecule has 1 aromatic rings. The van der Waals surface area contributed by atoms with Crippen molar-refractivity contribution in [2.24, 2.45) is 11.8 Å². The molecule has 0 aromatic heterocycles. The van der Waals surface area contributed by atoms with E-state index in [2.05, 4.69) is 0 Å². The van der Waals surface area contributed by atoms with Gasteiger partial charge in [-0.25, -0.2) is 8.78 Å². The molecule has 0 amide bonds. The molecule has 0 aliphatic heterocycles. The maximum absolute atomic E-state index is 13.3. The third-order valence-electron chi connectivity index (χ3n) is 2.94. The van der Waals surface area contributed by atoms with Crippen molar-refractivity contribution in [3.05, 3.63) is 35.4 Å². The SMILES string of the molecule is CC(C(=O)c1ccc(F)cc1F)C1CC1. The number of rotatable bonds is 3. The Labute approximate surface area is 87.1 Å². The van der Waals surface area contributed by atoms with Crippen molar-refractivity contribution in [3.63, 3.8) is 0 Å². The Morgan fingerprint density at radius 3 is 2.60 bits per heavy atom. The number of hydrogen-bond donors (Lipinski definition) is 0. The van der Waals surface area contributed by atoms with Gasteiger partial charge in [0.15, 0.2) is 5.78 Å². The first-order valence-electron chi connectivity index (χ1n) is 5.09. The quantitative estimate of drug-likeness (QED) is 0.700. The Bertz CT molecular complexity index is 397. The van der Waals surface area contributed by atoms with Gasteiger partial charge in [-0.15, -0.1) is 0 Å². The maximum atomic E-state index is 13.3. The average molecular weight is 210 g/mol. The Morgan fingerprint density at radius 1 is 1.40 bits per heavy atom. The lowest BCUT2D eigenvalue weighted by Gasteiger charge is -2.09. The summed E-state index contributed by atoms with van der Waals surface area (Å²) in [6.07, 6.45) is 2.07. The van der Waals surface area contributed by atoms with Crippen LogP contribution in [0.5, 0.6) is 0 Å². The first-order chi connectivity index (χ1) is 7.09. The molecule has 0 saturated heterocycles. The number of hydrogen-bond acceptors (Lipinski definition) is 1. The summed E-state index contributed by atoms with van der Waals surface area (Å²) in [5.41, 5.74) is 0.0100. The summed E-state index contributed by atoms with van der Waals surface area (Å²) in [4.78, 5) is 11.8. The molecular weight excluding hydrogens is 198 g/mol. The van der Waals surface area contributed by atoms with Crippen molar-refractivity contribution in [1.82, 2.24) is 0 Å². The first-order valence-corrected chi connectivity index (χ1v) is 5.09. The van der Waals surface area contributed by atoms with E-state index in [9.17, 15) is 13.6 Å². The predicted octanol–water partition coefficient (Wildman–Crippen LogP) is 3.19. The first kappa shape index (κ1) is 10.3. The number of ketones is 1. The number of benzene rings is 1. The molecule has 1 aliphatic carbocycles. The fraction of sp³-hybridized carbons (Fsp3) is 0.417. The molecule has 0 heterocycles. The number of Topliss-reactive ketones (excluding diaryl/α,β-unsaturated/α-hetero) is 1. The molecule has 80 valence electrons. The fourth-order valence-electron chi connectivity index (χ4n) is 1.74. The second-order valence-corrected chi connectivity index (χ2v) is 4.11. The summed E-state index contributed by atoms with van der Waals surface area (Å²) in [6, 6.07) is 3.11. The molecule has 1 aromatic carbocycles. The lowest BCUT2D eigenvalue weighted by molar-refractivity contribution is 0.0912. The van der Waals surface area contributed by atoms with Crippen molar-refractivity contribution in [1.29, 1.82) is 0 Å². The summed E-state index contributed by atoms with van der Waals surface area (Å²) in [7, 11) is 0. The van der Waals surface area contributed by atoms with Gasteiger partial charge in [-0.1, -0.05) is 6.92 Å². The molecule has 1 saturated carbocycles. The van der Waals surface area contributed by atoms with Crippen LogP contribution >= 0.6 is 0 Å². The van der Waals surface area contributed by atoms with E-state index in [0.717, 1.165) is 25.0 Å². The van der Waals surface area contributed by atoms with Crippen molar-refractivity contribution in [2.45, 2.75) is 19.8 Å². The predicted molar refractivity (Wildman–Crippen MR) is 52.6 cm³/mol. The van der Waals surface area contributed by atoms with Crippen LogP contribution in [0.25, 0.3) is 0 Å². The third kappa shape index (κ3) is 2.06. The molecule has 0 N–H and O–H groups in total. The zero-order valence-corrected chi connectivity index (χ0v) is 8.47. The van der Waals surface area contributed by atoms with E-state index in [1.165, 1.54) is 6.07 Å². The van der Waals surface area contributed by atoms with E-state index in [1.54, 1.807) is 0 Å². The van der Waals surface area contributed by atoms with Gasteiger partial charge in [-0.3, -0.25) is 4.79 Å². The Hall–Kier alpha value is -1.25.